The first-order valence-electron chi connectivity index (χ1n) is 8.42. The van der Waals surface area contributed by atoms with Crippen LogP contribution in [0.15, 0.2) is 30.6 Å². The van der Waals surface area contributed by atoms with E-state index in [1.165, 1.54) is 18.5 Å². The molecule has 0 unspecified atom stereocenters. The Labute approximate surface area is 164 Å². The van der Waals surface area contributed by atoms with Crippen molar-refractivity contribution in [3.8, 4) is 0 Å². The van der Waals surface area contributed by atoms with Crippen LogP contribution in [0.2, 0.25) is 5.02 Å². The lowest BCUT2D eigenvalue weighted by molar-refractivity contribution is -0.137. The highest BCUT2D eigenvalue weighted by atomic mass is 35.5. The summed E-state index contributed by atoms with van der Waals surface area (Å²) in [4.78, 5) is 24.8. The van der Waals surface area contributed by atoms with Gasteiger partial charge in [0, 0.05) is 31.9 Å². The highest BCUT2D eigenvalue weighted by molar-refractivity contribution is 6.31. The van der Waals surface area contributed by atoms with Gasteiger partial charge in [-0.3, -0.25) is 0 Å². The summed E-state index contributed by atoms with van der Waals surface area (Å²) in [6, 6.07) is 2.42. The molecule has 2 N–H and O–H groups in total. The van der Waals surface area contributed by atoms with E-state index in [1.54, 1.807) is 0 Å². The summed E-state index contributed by atoms with van der Waals surface area (Å²) in [5, 5.41) is 4.38. The number of benzene rings is 1. The lowest BCUT2D eigenvalue weighted by Gasteiger charge is -2.32. The van der Waals surface area contributed by atoms with Gasteiger partial charge < -0.3 is 20.4 Å². The molecule has 28 heavy (non-hydrogen) atoms. The quantitative estimate of drug-likeness (QED) is 0.803. The largest absolute Gasteiger partial charge is 0.417 e. The van der Waals surface area contributed by atoms with Gasteiger partial charge in [-0.05, 0) is 25.2 Å². The zero-order valence-electron chi connectivity index (χ0n) is 14.9. The number of aromatic nitrogens is 2. The topological polar surface area (TPSA) is 73.4 Å². The second kappa shape index (κ2) is 8.19. The maximum atomic E-state index is 12.9. The summed E-state index contributed by atoms with van der Waals surface area (Å²) in [7, 11) is 2.04. The number of amides is 2. The van der Waals surface area contributed by atoms with Crippen molar-refractivity contribution in [3.63, 3.8) is 0 Å². The van der Waals surface area contributed by atoms with Crippen LogP contribution >= 0.6 is 11.6 Å². The number of hydrogen-bond donors (Lipinski definition) is 2. The molecule has 2 aromatic rings. The van der Waals surface area contributed by atoms with Crippen molar-refractivity contribution >= 4 is 35.0 Å². The average Bonchev–Trinajstić information content (AvgIpc) is 2.64. The summed E-state index contributed by atoms with van der Waals surface area (Å²) < 4.78 is 38.7. The van der Waals surface area contributed by atoms with E-state index in [9.17, 15) is 18.0 Å². The van der Waals surface area contributed by atoms with Crippen LogP contribution in [-0.4, -0.2) is 54.1 Å². The fourth-order valence-electron chi connectivity index (χ4n) is 2.67. The Morgan fingerprint density at radius 3 is 2.29 bits per heavy atom. The van der Waals surface area contributed by atoms with Crippen LogP contribution in [0.5, 0.6) is 0 Å². The van der Waals surface area contributed by atoms with Crippen molar-refractivity contribution < 1.29 is 18.0 Å². The summed E-state index contributed by atoms with van der Waals surface area (Å²) in [6.45, 7) is 3.43. The van der Waals surface area contributed by atoms with E-state index in [0.717, 1.165) is 38.3 Å². The lowest BCUT2D eigenvalue weighted by atomic mass is 10.2. The zero-order chi connectivity index (χ0) is 20.3. The minimum absolute atomic E-state index is 0.0378. The molecule has 1 saturated heterocycles. The summed E-state index contributed by atoms with van der Waals surface area (Å²) in [5.41, 5.74) is -0.739. The number of piperazine rings is 1. The Balaban J connectivity index is 1.61. The van der Waals surface area contributed by atoms with E-state index in [1.807, 2.05) is 11.9 Å². The van der Waals surface area contributed by atoms with Crippen molar-refractivity contribution in [1.82, 2.24) is 14.9 Å². The fraction of sp³-hybridized carbons (Fsp3) is 0.353. The number of carbonyl (C=O) groups is 1. The molecule has 1 aromatic heterocycles. The first-order chi connectivity index (χ1) is 13.2. The Hall–Kier alpha value is -2.59. The monoisotopic (exact) mass is 414 g/mol. The van der Waals surface area contributed by atoms with Crippen molar-refractivity contribution in [2.75, 3.05) is 48.8 Å². The molecule has 7 nitrogen and oxygen atoms in total. The van der Waals surface area contributed by atoms with E-state index < -0.39 is 22.8 Å². The minimum Gasteiger partial charge on any atom is -0.338 e. The molecule has 3 rings (SSSR count). The molecule has 1 aliphatic heterocycles. The molecule has 0 radical (unpaired) electrons. The first kappa shape index (κ1) is 20.2. The first-order valence-corrected chi connectivity index (χ1v) is 8.80. The van der Waals surface area contributed by atoms with E-state index >= 15 is 0 Å². The Morgan fingerprint density at radius 1 is 1.07 bits per heavy atom. The van der Waals surface area contributed by atoms with Gasteiger partial charge in [-0.25, -0.2) is 14.8 Å². The third-order valence-corrected chi connectivity index (χ3v) is 4.54. The standard InChI is InChI=1S/C17H18ClF3N6O/c1-26-4-6-27(7-5-26)15-22-9-12(10-23-15)25-16(28)24-11-2-3-14(18)13(8-11)17(19,20)21/h2-3,8-10H,4-7H2,1H3,(H2,24,25,28). The number of hydrogen-bond acceptors (Lipinski definition) is 5. The van der Waals surface area contributed by atoms with Crippen LogP contribution in [0, 0.1) is 0 Å². The SMILES string of the molecule is CN1CCN(c2ncc(NC(=O)Nc3ccc(Cl)c(C(F)(F)F)c3)cn2)CC1. The van der Waals surface area contributed by atoms with Crippen LogP contribution in [-0.2, 0) is 6.18 Å². The number of halogens is 4. The van der Waals surface area contributed by atoms with Gasteiger partial charge in [0.15, 0.2) is 0 Å². The average molecular weight is 415 g/mol. The lowest BCUT2D eigenvalue weighted by Crippen LogP contribution is -2.45. The number of likely N-dealkylation sites (N-methyl/N-ethyl adjacent to an activating group) is 1. The molecule has 1 aliphatic rings. The molecule has 11 heteroatoms. The number of alkyl halides is 3. The second-order valence-electron chi connectivity index (χ2n) is 6.33. The van der Waals surface area contributed by atoms with E-state index in [0.29, 0.717) is 11.6 Å². The molecule has 1 aromatic carbocycles. The molecular weight excluding hydrogens is 397 g/mol. The van der Waals surface area contributed by atoms with Gasteiger partial charge in [0.1, 0.15) is 0 Å². The number of nitrogens with one attached hydrogen (secondary N) is 2. The predicted molar refractivity (Wildman–Crippen MR) is 101 cm³/mol. The van der Waals surface area contributed by atoms with Gasteiger partial charge in [0.25, 0.3) is 0 Å². The molecule has 0 spiro atoms. The molecule has 0 bridgehead atoms. The number of rotatable bonds is 3. The number of nitrogens with zero attached hydrogens (tertiary/aromatic N) is 4. The smallest absolute Gasteiger partial charge is 0.338 e. The van der Waals surface area contributed by atoms with Gasteiger partial charge in [0.05, 0.1) is 28.7 Å². The van der Waals surface area contributed by atoms with Crippen LogP contribution in [0.3, 0.4) is 0 Å². The van der Waals surface area contributed by atoms with Gasteiger partial charge >= 0.3 is 12.2 Å². The van der Waals surface area contributed by atoms with Gasteiger partial charge in [-0.2, -0.15) is 13.2 Å². The van der Waals surface area contributed by atoms with Crippen LogP contribution in [0.1, 0.15) is 5.56 Å². The maximum absolute atomic E-state index is 12.9. The molecule has 0 saturated carbocycles. The molecule has 1 fully saturated rings. The maximum Gasteiger partial charge on any atom is 0.417 e. The summed E-state index contributed by atoms with van der Waals surface area (Å²) in [6.07, 6.45) is -1.72. The molecular formula is C17H18ClF3N6O. The van der Waals surface area contributed by atoms with Crippen LogP contribution in [0.4, 0.5) is 35.3 Å². The Morgan fingerprint density at radius 2 is 1.68 bits per heavy atom. The fourth-order valence-corrected chi connectivity index (χ4v) is 2.89. The van der Waals surface area contributed by atoms with Crippen molar-refractivity contribution in [3.05, 3.63) is 41.2 Å². The summed E-state index contributed by atoms with van der Waals surface area (Å²) >= 11 is 5.56. The normalized spacial score (nSPS) is 15.4. The molecule has 150 valence electrons. The van der Waals surface area contributed by atoms with Gasteiger partial charge in [-0.1, -0.05) is 11.6 Å². The highest BCUT2D eigenvalue weighted by Crippen LogP contribution is 2.36. The predicted octanol–water partition coefficient (Wildman–Crippen LogP) is 3.54. The van der Waals surface area contributed by atoms with Crippen molar-refractivity contribution in [2.45, 2.75) is 6.18 Å². The van der Waals surface area contributed by atoms with E-state index in [2.05, 4.69) is 25.5 Å². The molecule has 2 heterocycles. The zero-order valence-corrected chi connectivity index (χ0v) is 15.7. The minimum atomic E-state index is -4.61. The van der Waals surface area contributed by atoms with E-state index in [4.69, 9.17) is 11.6 Å². The van der Waals surface area contributed by atoms with Crippen molar-refractivity contribution in [2.24, 2.45) is 0 Å². The highest BCUT2D eigenvalue weighted by Gasteiger charge is 2.33. The number of carbonyl (C=O) groups excluding carboxylic acids is 1. The van der Waals surface area contributed by atoms with Crippen molar-refractivity contribution in [1.29, 1.82) is 0 Å². The van der Waals surface area contributed by atoms with Crippen LogP contribution < -0.4 is 15.5 Å². The molecule has 0 aliphatic carbocycles. The number of anilines is 3. The van der Waals surface area contributed by atoms with Crippen LogP contribution in [0.25, 0.3) is 0 Å². The molecule has 0 atom stereocenters. The Kier molecular flexibility index (Phi) is 5.90. The van der Waals surface area contributed by atoms with Gasteiger partial charge in [0.2, 0.25) is 5.95 Å². The second-order valence-corrected chi connectivity index (χ2v) is 6.74. The number of urea groups is 1. The Bertz CT molecular complexity index is 838. The third kappa shape index (κ3) is 5.02. The van der Waals surface area contributed by atoms with Gasteiger partial charge in [-0.15, -0.1) is 0 Å². The summed E-state index contributed by atoms with van der Waals surface area (Å²) in [5.74, 6) is 0.562. The van der Waals surface area contributed by atoms with E-state index in [-0.39, 0.29) is 5.69 Å². The molecule has 2 amide bonds. The third-order valence-electron chi connectivity index (χ3n) is 4.21.